The predicted octanol–water partition coefficient (Wildman–Crippen LogP) is 4.51. The number of nitrogens with zero attached hydrogens (tertiary/aromatic N) is 1. The van der Waals surface area contributed by atoms with E-state index in [1.807, 2.05) is 24.3 Å². The molecule has 3 unspecified atom stereocenters. The summed E-state index contributed by atoms with van der Waals surface area (Å²) in [5.74, 6) is 1.94. The Labute approximate surface area is 140 Å². The summed E-state index contributed by atoms with van der Waals surface area (Å²) < 4.78 is 11.6. The van der Waals surface area contributed by atoms with E-state index in [1.165, 1.54) is 19.3 Å². The Morgan fingerprint density at radius 3 is 2.70 bits per heavy atom. The van der Waals surface area contributed by atoms with E-state index in [-0.39, 0.29) is 0 Å². The molecule has 5 heteroatoms. The third-order valence-corrected chi connectivity index (χ3v) is 4.80. The minimum absolute atomic E-state index is 0.464. The van der Waals surface area contributed by atoms with Crippen molar-refractivity contribution in [1.29, 1.82) is 0 Å². The first-order chi connectivity index (χ1) is 11.3. The summed E-state index contributed by atoms with van der Waals surface area (Å²) in [6.07, 6.45) is 6.20. The second-order valence-corrected chi connectivity index (χ2v) is 6.63. The normalized spacial score (nSPS) is 25.5. The van der Waals surface area contributed by atoms with Gasteiger partial charge in [-0.1, -0.05) is 11.6 Å². The largest absolute Gasteiger partial charge is 0.439 e. The van der Waals surface area contributed by atoms with E-state index in [9.17, 15) is 0 Å². The smallest absolute Gasteiger partial charge is 0.219 e. The molecule has 120 valence electrons. The van der Waals surface area contributed by atoms with Gasteiger partial charge in [-0.2, -0.15) is 0 Å². The first kappa shape index (κ1) is 14.8. The number of nitrogens with one attached hydrogen (secondary N) is 1. The number of anilines is 1. The number of pyridine rings is 1. The number of rotatable bonds is 5. The van der Waals surface area contributed by atoms with Crippen LogP contribution in [0.2, 0.25) is 5.02 Å². The van der Waals surface area contributed by atoms with Gasteiger partial charge in [0.05, 0.1) is 17.2 Å². The summed E-state index contributed by atoms with van der Waals surface area (Å²) in [5.41, 5.74) is 1.10. The zero-order valence-corrected chi connectivity index (χ0v) is 13.5. The van der Waals surface area contributed by atoms with Crippen LogP contribution in [0, 0.1) is 5.92 Å². The lowest BCUT2D eigenvalue weighted by atomic mass is 9.89. The summed E-state index contributed by atoms with van der Waals surface area (Å²) in [7, 11) is 0. The van der Waals surface area contributed by atoms with Gasteiger partial charge in [0, 0.05) is 30.4 Å². The average Bonchev–Trinajstić information content (AvgIpc) is 3.19. The SMILES string of the molecule is Clc1ccc(Oc2ccc(NCC3CC4CCC3O4)cc2)nc1. The van der Waals surface area contributed by atoms with E-state index < -0.39 is 0 Å². The third kappa shape index (κ3) is 3.43. The van der Waals surface area contributed by atoms with Crippen molar-refractivity contribution < 1.29 is 9.47 Å². The highest BCUT2D eigenvalue weighted by Gasteiger charge is 2.40. The molecule has 0 spiro atoms. The van der Waals surface area contributed by atoms with Crippen LogP contribution in [-0.2, 0) is 4.74 Å². The van der Waals surface area contributed by atoms with Gasteiger partial charge in [0.1, 0.15) is 5.75 Å². The molecule has 0 radical (unpaired) electrons. The predicted molar refractivity (Wildman–Crippen MR) is 90.3 cm³/mol. The number of aromatic nitrogens is 1. The quantitative estimate of drug-likeness (QED) is 0.876. The zero-order chi connectivity index (χ0) is 15.6. The van der Waals surface area contributed by atoms with Crippen molar-refractivity contribution in [3.05, 3.63) is 47.6 Å². The average molecular weight is 331 g/mol. The maximum atomic E-state index is 5.89. The van der Waals surface area contributed by atoms with Crippen LogP contribution in [-0.4, -0.2) is 23.7 Å². The highest BCUT2D eigenvalue weighted by atomic mass is 35.5. The molecule has 2 fully saturated rings. The third-order valence-electron chi connectivity index (χ3n) is 4.58. The first-order valence-electron chi connectivity index (χ1n) is 8.05. The number of ether oxygens (including phenoxy) is 2. The van der Waals surface area contributed by atoms with Crippen LogP contribution in [0.1, 0.15) is 19.3 Å². The number of fused-ring (bicyclic) bond motifs is 2. The number of benzene rings is 1. The van der Waals surface area contributed by atoms with E-state index in [0.29, 0.717) is 29.0 Å². The molecule has 23 heavy (non-hydrogen) atoms. The van der Waals surface area contributed by atoms with Crippen molar-refractivity contribution in [2.75, 3.05) is 11.9 Å². The molecule has 2 aliphatic rings. The van der Waals surface area contributed by atoms with Crippen molar-refractivity contribution >= 4 is 17.3 Å². The summed E-state index contributed by atoms with van der Waals surface area (Å²) in [4.78, 5) is 4.12. The lowest BCUT2D eigenvalue weighted by Gasteiger charge is -2.19. The Balaban J connectivity index is 1.32. The molecular weight excluding hydrogens is 312 g/mol. The Kier molecular flexibility index (Phi) is 4.10. The topological polar surface area (TPSA) is 43.4 Å². The second kappa shape index (κ2) is 6.38. The second-order valence-electron chi connectivity index (χ2n) is 6.19. The molecule has 3 heterocycles. The Morgan fingerprint density at radius 2 is 2.04 bits per heavy atom. The molecule has 4 nitrogen and oxygen atoms in total. The fourth-order valence-corrected chi connectivity index (χ4v) is 3.50. The van der Waals surface area contributed by atoms with Crippen LogP contribution in [0.5, 0.6) is 11.6 Å². The van der Waals surface area contributed by atoms with Gasteiger partial charge < -0.3 is 14.8 Å². The standard InChI is InChI=1S/C18H19ClN2O2/c19-13-1-8-18(21-11-13)23-15-4-2-14(3-5-15)20-10-12-9-16-6-7-17(12)22-16/h1-5,8,11-12,16-17,20H,6-7,9-10H2. The van der Waals surface area contributed by atoms with Gasteiger partial charge in [0.2, 0.25) is 5.88 Å². The lowest BCUT2D eigenvalue weighted by molar-refractivity contribution is 0.0941. The monoisotopic (exact) mass is 330 g/mol. The summed E-state index contributed by atoms with van der Waals surface area (Å²) >= 11 is 5.81. The van der Waals surface area contributed by atoms with Crippen molar-refractivity contribution in [3.63, 3.8) is 0 Å². The molecule has 0 amide bonds. The van der Waals surface area contributed by atoms with Crippen LogP contribution in [0.15, 0.2) is 42.6 Å². The van der Waals surface area contributed by atoms with Gasteiger partial charge in [-0.15, -0.1) is 0 Å². The van der Waals surface area contributed by atoms with Gasteiger partial charge in [0.15, 0.2) is 0 Å². The van der Waals surface area contributed by atoms with E-state index in [4.69, 9.17) is 21.1 Å². The maximum Gasteiger partial charge on any atom is 0.219 e. The first-order valence-corrected chi connectivity index (χ1v) is 8.43. The van der Waals surface area contributed by atoms with Gasteiger partial charge in [0.25, 0.3) is 0 Å². The maximum absolute atomic E-state index is 5.89. The Hall–Kier alpha value is -1.78. The zero-order valence-electron chi connectivity index (χ0n) is 12.7. The molecule has 4 rings (SSSR count). The number of hydrogen-bond acceptors (Lipinski definition) is 4. The minimum Gasteiger partial charge on any atom is -0.439 e. The molecule has 2 aromatic rings. The molecule has 2 aliphatic heterocycles. The Morgan fingerprint density at radius 1 is 1.17 bits per heavy atom. The molecule has 2 bridgehead atoms. The molecule has 3 atom stereocenters. The minimum atomic E-state index is 0.464. The van der Waals surface area contributed by atoms with E-state index in [0.717, 1.165) is 18.0 Å². The highest BCUT2D eigenvalue weighted by Crippen LogP contribution is 2.38. The molecule has 1 aromatic heterocycles. The number of halogens is 1. The molecule has 0 saturated carbocycles. The van der Waals surface area contributed by atoms with Gasteiger partial charge in [-0.25, -0.2) is 4.98 Å². The summed E-state index contributed by atoms with van der Waals surface area (Å²) in [5, 5.41) is 4.10. The van der Waals surface area contributed by atoms with E-state index >= 15 is 0 Å². The summed E-state index contributed by atoms with van der Waals surface area (Å²) in [6.45, 7) is 0.972. The molecule has 1 N–H and O–H groups in total. The summed E-state index contributed by atoms with van der Waals surface area (Å²) in [6, 6.07) is 11.4. The van der Waals surface area contributed by atoms with Crippen molar-refractivity contribution in [2.45, 2.75) is 31.5 Å². The molecule has 2 saturated heterocycles. The Bertz CT molecular complexity index is 660. The van der Waals surface area contributed by atoms with Crippen molar-refractivity contribution in [2.24, 2.45) is 5.92 Å². The fourth-order valence-electron chi connectivity index (χ4n) is 3.39. The van der Waals surface area contributed by atoms with Gasteiger partial charge in [-0.05, 0) is 49.6 Å². The van der Waals surface area contributed by atoms with Crippen LogP contribution >= 0.6 is 11.6 Å². The van der Waals surface area contributed by atoms with Crippen LogP contribution in [0.4, 0.5) is 5.69 Å². The van der Waals surface area contributed by atoms with Crippen molar-refractivity contribution in [1.82, 2.24) is 4.98 Å². The van der Waals surface area contributed by atoms with Crippen LogP contribution in [0.3, 0.4) is 0 Å². The van der Waals surface area contributed by atoms with E-state index in [2.05, 4.69) is 10.3 Å². The van der Waals surface area contributed by atoms with Crippen LogP contribution in [0.25, 0.3) is 0 Å². The van der Waals surface area contributed by atoms with Crippen LogP contribution < -0.4 is 10.1 Å². The van der Waals surface area contributed by atoms with Crippen molar-refractivity contribution in [3.8, 4) is 11.6 Å². The molecule has 0 aliphatic carbocycles. The lowest BCUT2D eigenvalue weighted by Crippen LogP contribution is -2.24. The molecule has 1 aromatic carbocycles. The van der Waals surface area contributed by atoms with E-state index in [1.54, 1.807) is 18.3 Å². The van der Waals surface area contributed by atoms with Gasteiger partial charge >= 0.3 is 0 Å². The number of hydrogen-bond donors (Lipinski definition) is 1. The fraction of sp³-hybridized carbons (Fsp3) is 0.389. The highest BCUT2D eigenvalue weighted by molar-refractivity contribution is 6.30. The molecular formula is C18H19ClN2O2. The van der Waals surface area contributed by atoms with Gasteiger partial charge in [-0.3, -0.25) is 0 Å².